The van der Waals surface area contributed by atoms with Crippen LogP contribution in [-0.2, 0) is 19.1 Å². The zero-order valence-electron chi connectivity index (χ0n) is 17.4. The van der Waals surface area contributed by atoms with Gasteiger partial charge in [-0.2, -0.15) is 0 Å². The molecule has 0 N–H and O–H groups in total. The van der Waals surface area contributed by atoms with Crippen LogP contribution >= 0.6 is 0 Å². The Kier molecular flexibility index (Phi) is 6.54. The lowest BCUT2D eigenvalue weighted by molar-refractivity contribution is -0.151. The Morgan fingerprint density at radius 1 is 1.17 bits per heavy atom. The molecule has 3 rings (SSSR count). The highest BCUT2D eigenvalue weighted by Crippen LogP contribution is 2.30. The summed E-state index contributed by atoms with van der Waals surface area (Å²) in [6.45, 7) is 6.72. The fourth-order valence-corrected chi connectivity index (χ4v) is 3.77. The third-order valence-corrected chi connectivity index (χ3v) is 5.60. The van der Waals surface area contributed by atoms with Crippen LogP contribution in [0.3, 0.4) is 0 Å². The van der Waals surface area contributed by atoms with E-state index in [9.17, 15) is 19.2 Å². The number of ether oxygens (including phenoxy) is 1. The number of esters is 1. The number of nitrogens with zero attached hydrogens (tertiary/aromatic N) is 3. The number of hydrogen-bond donors (Lipinski definition) is 0. The second-order valence-corrected chi connectivity index (χ2v) is 7.54. The smallest absolute Gasteiger partial charge is 0.309 e. The Balaban J connectivity index is 1.50. The van der Waals surface area contributed by atoms with Crippen molar-refractivity contribution in [2.75, 3.05) is 39.8 Å². The van der Waals surface area contributed by atoms with Crippen molar-refractivity contribution in [3.63, 3.8) is 0 Å². The highest BCUT2D eigenvalue weighted by molar-refractivity contribution is 6.10. The van der Waals surface area contributed by atoms with Gasteiger partial charge in [0.05, 0.1) is 19.1 Å². The molecule has 2 heterocycles. The summed E-state index contributed by atoms with van der Waals surface area (Å²) in [6, 6.07) is 7.09. The van der Waals surface area contributed by atoms with Gasteiger partial charge >= 0.3 is 5.97 Å². The van der Waals surface area contributed by atoms with Crippen LogP contribution in [0.5, 0.6) is 0 Å². The van der Waals surface area contributed by atoms with Crippen LogP contribution in [0.4, 0.5) is 0 Å². The number of carbonyl (C=O) groups excluding carboxylic acids is 4. The SMILES string of the molecule is C=C1c2ccccc2C(=O)N1CC(=O)N(C)CC(=O)N1CCC(C(=O)OCC)CC1. The van der Waals surface area contributed by atoms with Gasteiger partial charge in [0.2, 0.25) is 11.8 Å². The summed E-state index contributed by atoms with van der Waals surface area (Å²) in [4.78, 5) is 53.9. The predicted octanol–water partition coefficient (Wildman–Crippen LogP) is 1.37. The molecule has 8 nitrogen and oxygen atoms in total. The van der Waals surface area contributed by atoms with Crippen molar-refractivity contribution in [2.45, 2.75) is 19.8 Å². The maximum atomic E-state index is 12.6. The van der Waals surface area contributed by atoms with E-state index in [1.54, 1.807) is 37.1 Å². The van der Waals surface area contributed by atoms with Gasteiger partial charge in [0.1, 0.15) is 6.54 Å². The number of hydrogen-bond acceptors (Lipinski definition) is 5. The van der Waals surface area contributed by atoms with Gasteiger partial charge in [-0.15, -0.1) is 0 Å². The topological polar surface area (TPSA) is 87.2 Å². The summed E-state index contributed by atoms with van der Waals surface area (Å²) >= 11 is 0. The molecule has 0 aliphatic carbocycles. The molecule has 0 aromatic heterocycles. The van der Waals surface area contributed by atoms with Crippen LogP contribution in [-0.4, -0.2) is 78.2 Å². The first-order valence-electron chi connectivity index (χ1n) is 10.1. The Morgan fingerprint density at radius 3 is 2.40 bits per heavy atom. The molecule has 30 heavy (non-hydrogen) atoms. The second-order valence-electron chi connectivity index (χ2n) is 7.54. The third kappa shape index (κ3) is 4.37. The summed E-state index contributed by atoms with van der Waals surface area (Å²) in [7, 11) is 1.54. The van der Waals surface area contributed by atoms with E-state index in [0.29, 0.717) is 43.8 Å². The zero-order chi connectivity index (χ0) is 21.8. The summed E-state index contributed by atoms with van der Waals surface area (Å²) in [6.07, 6.45) is 1.12. The van der Waals surface area contributed by atoms with Gasteiger partial charge in [-0.1, -0.05) is 24.8 Å². The number of carbonyl (C=O) groups is 4. The minimum absolute atomic E-state index is 0.0790. The van der Waals surface area contributed by atoms with Crippen molar-refractivity contribution >= 4 is 29.4 Å². The van der Waals surface area contributed by atoms with Crippen LogP contribution in [0.15, 0.2) is 30.8 Å². The molecule has 0 unspecified atom stereocenters. The molecule has 1 aromatic carbocycles. The van der Waals surface area contributed by atoms with Crippen LogP contribution in [0.25, 0.3) is 5.70 Å². The molecule has 1 saturated heterocycles. The normalized spacial score (nSPS) is 16.5. The van der Waals surface area contributed by atoms with E-state index in [1.807, 2.05) is 6.07 Å². The van der Waals surface area contributed by atoms with Crippen LogP contribution in [0.1, 0.15) is 35.7 Å². The molecular formula is C22H27N3O5. The number of piperidine rings is 1. The molecule has 1 aromatic rings. The van der Waals surface area contributed by atoms with Gasteiger partial charge in [0, 0.05) is 37.0 Å². The lowest BCUT2D eigenvalue weighted by Crippen LogP contribution is -2.47. The van der Waals surface area contributed by atoms with Crippen molar-refractivity contribution < 1.29 is 23.9 Å². The molecule has 1 fully saturated rings. The van der Waals surface area contributed by atoms with Crippen molar-refractivity contribution in [3.05, 3.63) is 42.0 Å². The lowest BCUT2D eigenvalue weighted by atomic mass is 9.97. The molecule has 2 aliphatic heterocycles. The average molecular weight is 413 g/mol. The second kappa shape index (κ2) is 9.11. The lowest BCUT2D eigenvalue weighted by Gasteiger charge is -2.32. The van der Waals surface area contributed by atoms with Gasteiger partial charge in [0.15, 0.2) is 0 Å². The fraction of sp³-hybridized carbons (Fsp3) is 0.455. The standard InChI is InChI=1S/C22H27N3O5/c1-4-30-22(29)16-9-11-24(12-10-16)20(27)13-23(3)19(26)14-25-15(2)17-7-5-6-8-18(17)21(25)28/h5-8,16H,2,4,9-14H2,1,3H3. The van der Waals surface area contributed by atoms with Crippen molar-refractivity contribution in [3.8, 4) is 0 Å². The largest absolute Gasteiger partial charge is 0.466 e. The third-order valence-electron chi connectivity index (χ3n) is 5.60. The number of rotatable bonds is 6. The zero-order valence-corrected chi connectivity index (χ0v) is 17.4. The summed E-state index contributed by atoms with van der Waals surface area (Å²) in [5.74, 6) is -1.17. The number of amides is 3. The Hall–Kier alpha value is -3.16. The van der Waals surface area contributed by atoms with Gasteiger partial charge in [-0.05, 0) is 25.8 Å². The van der Waals surface area contributed by atoms with E-state index in [4.69, 9.17) is 4.74 Å². The van der Waals surface area contributed by atoms with Crippen molar-refractivity contribution in [1.29, 1.82) is 0 Å². The summed E-state index contributed by atoms with van der Waals surface area (Å²) in [5.41, 5.74) is 1.74. The number of fused-ring (bicyclic) bond motifs is 1. The molecule has 160 valence electrons. The maximum absolute atomic E-state index is 12.6. The number of likely N-dealkylation sites (tertiary alicyclic amines) is 1. The highest BCUT2D eigenvalue weighted by atomic mass is 16.5. The predicted molar refractivity (Wildman–Crippen MR) is 110 cm³/mol. The van der Waals surface area contributed by atoms with Gasteiger partial charge in [-0.3, -0.25) is 24.1 Å². The molecule has 0 spiro atoms. The average Bonchev–Trinajstić information content (AvgIpc) is 2.99. The quantitative estimate of drug-likeness (QED) is 0.658. The number of benzene rings is 1. The first-order valence-corrected chi connectivity index (χ1v) is 10.1. The van der Waals surface area contributed by atoms with E-state index >= 15 is 0 Å². The van der Waals surface area contributed by atoms with Gasteiger partial charge < -0.3 is 14.5 Å². The maximum Gasteiger partial charge on any atom is 0.309 e. The minimum Gasteiger partial charge on any atom is -0.466 e. The van der Waals surface area contributed by atoms with E-state index < -0.39 is 0 Å². The minimum atomic E-state index is -0.341. The monoisotopic (exact) mass is 413 g/mol. The Morgan fingerprint density at radius 2 is 1.80 bits per heavy atom. The van der Waals surface area contributed by atoms with Crippen molar-refractivity contribution in [2.24, 2.45) is 5.92 Å². The molecule has 3 amide bonds. The van der Waals surface area contributed by atoms with Crippen molar-refractivity contribution in [1.82, 2.24) is 14.7 Å². The van der Waals surface area contributed by atoms with E-state index in [1.165, 1.54) is 9.80 Å². The highest BCUT2D eigenvalue weighted by Gasteiger charge is 2.33. The Labute approximate surface area is 176 Å². The molecule has 0 radical (unpaired) electrons. The van der Waals surface area contributed by atoms with Crippen LogP contribution in [0, 0.1) is 5.92 Å². The molecule has 8 heteroatoms. The van der Waals surface area contributed by atoms with E-state index in [0.717, 1.165) is 5.56 Å². The van der Waals surface area contributed by atoms with Gasteiger partial charge in [0.25, 0.3) is 5.91 Å². The molecular weight excluding hydrogens is 386 g/mol. The van der Waals surface area contributed by atoms with Gasteiger partial charge in [-0.25, -0.2) is 0 Å². The molecule has 0 saturated carbocycles. The first-order chi connectivity index (χ1) is 14.3. The number of likely N-dealkylation sites (N-methyl/N-ethyl adjacent to an activating group) is 1. The van der Waals surface area contributed by atoms with E-state index in [-0.39, 0.29) is 42.7 Å². The molecule has 0 atom stereocenters. The first kappa shape index (κ1) is 21.5. The van der Waals surface area contributed by atoms with E-state index in [2.05, 4.69) is 6.58 Å². The Bertz CT molecular complexity index is 838. The summed E-state index contributed by atoms with van der Waals surface area (Å²) < 4.78 is 5.04. The molecule has 0 bridgehead atoms. The molecule has 2 aliphatic rings. The van der Waals surface area contributed by atoms with Crippen LogP contribution < -0.4 is 0 Å². The fourth-order valence-electron chi connectivity index (χ4n) is 3.77. The summed E-state index contributed by atoms with van der Waals surface area (Å²) in [5, 5.41) is 0. The van der Waals surface area contributed by atoms with Crippen LogP contribution in [0.2, 0.25) is 0 Å².